The van der Waals surface area contributed by atoms with E-state index < -0.39 is 6.04 Å². The lowest BCUT2D eigenvalue weighted by Gasteiger charge is -2.37. The molecule has 2 N–H and O–H groups in total. The van der Waals surface area contributed by atoms with Crippen LogP contribution in [0.1, 0.15) is 32.4 Å². The first-order valence-electron chi connectivity index (χ1n) is 10.1. The van der Waals surface area contributed by atoms with Crippen molar-refractivity contribution in [2.75, 3.05) is 34.4 Å². The number of nitrogens with two attached hydrogens (primary N) is 1. The fourth-order valence-electron chi connectivity index (χ4n) is 3.87. The number of ether oxygens (including phenoxy) is 3. The van der Waals surface area contributed by atoms with Crippen molar-refractivity contribution in [2.45, 2.75) is 26.8 Å². The molecule has 0 fully saturated rings. The number of carbonyl (C=O) groups is 1. The molecule has 32 heavy (non-hydrogen) atoms. The molecule has 1 amide bonds. The molecule has 0 unspecified atom stereocenters. The monoisotopic (exact) mass is 457 g/mol. The summed E-state index contributed by atoms with van der Waals surface area (Å²) in [6.07, 6.45) is 0. The first kappa shape index (κ1) is 23.3. The van der Waals surface area contributed by atoms with Gasteiger partial charge in [0.05, 0.1) is 38.6 Å². The second-order valence-corrected chi connectivity index (χ2v) is 8.01. The van der Waals surface area contributed by atoms with Crippen LogP contribution < -0.4 is 19.9 Å². The number of nitrogens with zero attached hydrogens (tertiary/aromatic N) is 4. The standard InChI is InChI=1S/C22H27N5O4S/c1-7-26(8-2)21(28)17-12(3)25-22-27(20(24)16(11-23)32-22)18(17)13-9-14(29-4)19(31-6)15(10-13)30-5/h9-10,18H,7-8,24H2,1-6H3/t18-/m0/s1. The van der Waals surface area contributed by atoms with Crippen LogP contribution in [0.3, 0.4) is 0 Å². The van der Waals surface area contributed by atoms with Crippen LogP contribution in [0.25, 0.3) is 0 Å². The normalized spacial score (nSPS) is 17.6. The van der Waals surface area contributed by atoms with Crippen LogP contribution in [0.15, 0.2) is 39.1 Å². The van der Waals surface area contributed by atoms with Crippen LogP contribution in [-0.2, 0) is 4.79 Å². The summed E-state index contributed by atoms with van der Waals surface area (Å²) in [6.45, 7) is 6.75. The lowest BCUT2D eigenvalue weighted by atomic mass is 9.92. The average Bonchev–Trinajstić information content (AvgIpc) is 3.12. The summed E-state index contributed by atoms with van der Waals surface area (Å²) >= 11 is 1.19. The quantitative estimate of drug-likeness (QED) is 0.665. The van der Waals surface area contributed by atoms with Gasteiger partial charge in [0.2, 0.25) is 5.75 Å². The third-order valence-corrected chi connectivity index (χ3v) is 6.44. The van der Waals surface area contributed by atoms with Gasteiger partial charge in [-0.15, -0.1) is 0 Å². The zero-order chi connectivity index (χ0) is 23.6. The number of amides is 1. The van der Waals surface area contributed by atoms with Crippen LogP contribution >= 0.6 is 11.8 Å². The lowest BCUT2D eigenvalue weighted by Crippen LogP contribution is -2.42. The third-order valence-electron chi connectivity index (χ3n) is 5.46. The van der Waals surface area contributed by atoms with Gasteiger partial charge in [0, 0.05) is 13.1 Å². The third kappa shape index (κ3) is 3.73. The van der Waals surface area contributed by atoms with Crippen molar-refractivity contribution in [3.05, 3.63) is 39.7 Å². The van der Waals surface area contributed by atoms with Crippen molar-refractivity contribution < 1.29 is 19.0 Å². The number of fused-ring (bicyclic) bond motifs is 1. The number of carbonyl (C=O) groups excluding carboxylic acids is 1. The number of thioether (sulfide) groups is 1. The molecule has 10 heteroatoms. The summed E-state index contributed by atoms with van der Waals surface area (Å²) < 4.78 is 16.5. The smallest absolute Gasteiger partial charge is 0.254 e. The maximum atomic E-state index is 13.6. The topological polar surface area (TPSA) is 113 Å². The van der Waals surface area contributed by atoms with E-state index in [0.29, 0.717) is 57.2 Å². The van der Waals surface area contributed by atoms with E-state index in [9.17, 15) is 10.1 Å². The summed E-state index contributed by atoms with van der Waals surface area (Å²) in [5.74, 6) is 1.46. The number of hydrogen-bond acceptors (Lipinski definition) is 9. The number of amidine groups is 1. The Bertz CT molecular complexity index is 1040. The number of aliphatic imine (C=N–C) groups is 1. The van der Waals surface area contributed by atoms with Gasteiger partial charge in [0.1, 0.15) is 16.8 Å². The Labute approximate surface area is 192 Å². The molecule has 1 aromatic rings. The van der Waals surface area contributed by atoms with Crippen molar-refractivity contribution in [2.24, 2.45) is 10.7 Å². The van der Waals surface area contributed by atoms with Gasteiger partial charge in [0.15, 0.2) is 16.7 Å². The molecule has 9 nitrogen and oxygen atoms in total. The van der Waals surface area contributed by atoms with Gasteiger partial charge in [0.25, 0.3) is 5.91 Å². The Morgan fingerprint density at radius 1 is 1.22 bits per heavy atom. The Morgan fingerprint density at radius 3 is 2.28 bits per heavy atom. The highest BCUT2D eigenvalue weighted by atomic mass is 32.2. The van der Waals surface area contributed by atoms with E-state index in [4.69, 9.17) is 19.9 Å². The zero-order valence-corrected chi connectivity index (χ0v) is 19.9. The summed E-state index contributed by atoms with van der Waals surface area (Å²) in [7, 11) is 4.60. The number of rotatable bonds is 7. The molecule has 0 aromatic heterocycles. The summed E-state index contributed by atoms with van der Waals surface area (Å²) in [4.78, 5) is 22.0. The number of methoxy groups -OCH3 is 3. The molecule has 0 aliphatic carbocycles. The van der Waals surface area contributed by atoms with Crippen LogP contribution in [0.5, 0.6) is 17.2 Å². The molecular weight excluding hydrogens is 430 g/mol. The molecule has 1 atom stereocenters. The number of likely N-dealkylation sites (N-methyl/N-ethyl adjacent to an activating group) is 1. The van der Waals surface area contributed by atoms with Gasteiger partial charge in [-0.25, -0.2) is 4.99 Å². The van der Waals surface area contributed by atoms with Gasteiger partial charge < -0.3 is 24.8 Å². The Balaban J connectivity index is 2.29. The maximum absolute atomic E-state index is 13.6. The molecule has 2 aliphatic heterocycles. The van der Waals surface area contributed by atoms with Crippen molar-refractivity contribution in [1.29, 1.82) is 5.26 Å². The van der Waals surface area contributed by atoms with Gasteiger partial charge in [-0.2, -0.15) is 5.26 Å². The van der Waals surface area contributed by atoms with Crippen molar-refractivity contribution in [1.82, 2.24) is 9.80 Å². The van der Waals surface area contributed by atoms with Crippen LogP contribution in [-0.4, -0.2) is 55.3 Å². The number of benzene rings is 1. The molecule has 0 spiro atoms. The van der Waals surface area contributed by atoms with E-state index in [0.717, 1.165) is 0 Å². The molecule has 0 saturated heterocycles. The summed E-state index contributed by atoms with van der Waals surface area (Å²) in [5.41, 5.74) is 8.12. The minimum Gasteiger partial charge on any atom is -0.493 e. The van der Waals surface area contributed by atoms with E-state index >= 15 is 0 Å². The van der Waals surface area contributed by atoms with E-state index in [-0.39, 0.29) is 11.7 Å². The van der Waals surface area contributed by atoms with E-state index in [1.54, 1.807) is 28.9 Å². The van der Waals surface area contributed by atoms with Gasteiger partial charge >= 0.3 is 0 Å². The van der Waals surface area contributed by atoms with Crippen LogP contribution in [0, 0.1) is 11.3 Å². The highest BCUT2D eigenvalue weighted by Crippen LogP contribution is 2.48. The minimum atomic E-state index is -0.623. The number of nitriles is 1. The molecule has 170 valence electrons. The first-order chi connectivity index (χ1) is 15.4. The summed E-state index contributed by atoms with van der Waals surface area (Å²) in [6, 6.07) is 5.08. The molecule has 0 radical (unpaired) electrons. The van der Waals surface area contributed by atoms with Gasteiger partial charge in [-0.1, -0.05) is 0 Å². The maximum Gasteiger partial charge on any atom is 0.254 e. The Morgan fingerprint density at radius 2 is 1.81 bits per heavy atom. The van der Waals surface area contributed by atoms with Gasteiger partial charge in [-0.05, 0) is 50.2 Å². The predicted molar refractivity (Wildman–Crippen MR) is 123 cm³/mol. The van der Waals surface area contributed by atoms with Crippen molar-refractivity contribution >= 4 is 22.8 Å². The largest absolute Gasteiger partial charge is 0.493 e. The number of allylic oxidation sites excluding steroid dienone is 2. The Kier molecular flexibility index (Phi) is 6.89. The van der Waals surface area contributed by atoms with Crippen molar-refractivity contribution in [3.63, 3.8) is 0 Å². The van der Waals surface area contributed by atoms with Crippen LogP contribution in [0.2, 0.25) is 0 Å². The molecule has 0 saturated carbocycles. The molecule has 2 aliphatic rings. The molecule has 1 aromatic carbocycles. The Hall–Kier alpha value is -3.32. The van der Waals surface area contributed by atoms with Crippen molar-refractivity contribution in [3.8, 4) is 23.3 Å². The van der Waals surface area contributed by atoms with E-state index in [1.165, 1.54) is 33.1 Å². The predicted octanol–water partition coefficient (Wildman–Crippen LogP) is 2.97. The summed E-state index contributed by atoms with van der Waals surface area (Å²) in [5, 5.41) is 10.1. The van der Waals surface area contributed by atoms with Crippen LogP contribution in [0.4, 0.5) is 0 Å². The van der Waals surface area contributed by atoms with E-state index in [2.05, 4.69) is 11.1 Å². The highest BCUT2D eigenvalue weighted by Gasteiger charge is 2.43. The van der Waals surface area contributed by atoms with E-state index in [1.807, 2.05) is 13.8 Å². The lowest BCUT2D eigenvalue weighted by molar-refractivity contribution is -0.127. The highest BCUT2D eigenvalue weighted by molar-refractivity contribution is 8.17. The molecule has 3 rings (SSSR count). The number of hydrogen-bond donors (Lipinski definition) is 1. The average molecular weight is 458 g/mol. The molecule has 0 bridgehead atoms. The fourth-order valence-corrected chi connectivity index (χ4v) is 4.79. The SMILES string of the molecule is CCN(CC)C(=O)C1=C(C)N=C2SC(C#N)=C(N)N2[C@H]1c1cc(OC)c(OC)c(OC)c1. The molecule has 2 heterocycles. The fraction of sp³-hybridized carbons (Fsp3) is 0.409. The second kappa shape index (κ2) is 9.44. The zero-order valence-electron chi connectivity index (χ0n) is 19.1. The second-order valence-electron chi connectivity index (χ2n) is 7.03. The first-order valence-corrected chi connectivity index (χ1v) is 10.9. The molecular formula is C22H27N5O4S. The van der Waals surface area contributed by atoms with Gasteiger partial charge in [-0.3, -0.25) is 9.69 Å². The minimum absolute atomic E-state index is 0.141.